The maximum atomic E-state index is 12.2. The average Bonchev–Trinajstić information content (AvgIpc) is 2.69. The molecule has 0 spiro atoms. The minimum atomic E-state index is -0.601. The van der Waals surface area contributed by atoms with Gasteiger partial charge in [-0.1, -0.05) is 0 Å². The van der Waals surface area contributed by atoms with E-state index in [0.29, 0.717) is 36.0 Å². The van der Waals surface area contributed by atoms with Crippen LogP contribution in [0.15, 0.2) is 42.5 Å². The molecule has 8 nitrogen and oxygen atoms in total. The SMILES string of the molecule is COc1ccc(OCCNC(=O)c2ccc(OCC(N)=O)c(OC)c2)cc1. The first-order chi connectivity index (χ1) is 13.0. The molecule has 0 saturated carbocycles. The van der Waals surface area contributed by atoms with Crippen molar-refractivity contribution in [3.63, 3.8) is 0 Å². The summed E-state index contributed by atoms with van der Waals surface area (Å²) in [6.07, 6.45) is 0. The van der Waals surface area contributed by atoms with Crippen molar-refractivity contribution in [3.8, 4) is 23.0 Å². The van der Waals surface area contributed by atoms with Gasteiger partial charge in [-0.2, -0.15) is 0 Å². The normalized spacial score (nSPS) is 10.0. The van der Waals surface area contributed by atoms with Gasteiger partial charge in [0, 0.05) is 5.56 Å². The second-order valence-electron chi connectivity index (χ2n) is 5.40. The minimum absolute atomic E-state index is 0.273. The molecule has 0 unspecified atom stereocenters. The van der Waals surface area contributed by atoms with Crippen LogP contribution in [0.2, 0.25) is 0 Å². The Labute approximate surface area is 157 Å². The Morgan fingerprint density at radius 1 is 0.926 bits per heavy atom. The number of benzene rings is 2. The van der Waals surface area contributed by atoms with E-state index in [0.717, 1.165) is 5.75 Å². The third-order valence-corrected chi connectivity index (χ3v) is 3.51. The van der Waals surface area contributed by atoms with E-state index in [1.165, 1.54) is 13.2 Å². The molecular weight excluding hydrogens is 352 g/mol. The number of nitrogens with one attached hydrogen (secondary N) is 1. The molecule has 144 valence electrons. The van der Waals surface area contributed by atoms with Crippen molar-refractivity contribution in [2.24, 2.45) is 5.73 Å². The molecule has 2 aromatic carbocycles. The molecule has 27 heavy (non-hydrogen) atoms. The first-order valence-electron chi connectivity index (χ1n) is 8.17. The summed E-state index contributed by atoms with van der Waals surface area (Å²) in [6.45, 7) is 0.368. The number of hydrogen-bond donors (Lipinski definition) is 2. The van der Waals surface area contributed by atoms with E-state index < -0.39 is 5.91 Å². The largest absolute Gasteiger partial charge is 0.497 e. The van der Waals surface area contributed by atoms with Crippen LogP contribution in [-0.4, -0.2) is 45.8 Å². The van der Waals surface area contributed by atoms with Gasteiger partial charge in [0.05, 0.1) is 20.8 Å². The zero-order valence-electron chi connectivity index (χ0n) is 15.2. The maximum absolute atomic E-state index is 12.2. The van der Waals surface area contributed by atoms with Gasteiger partial charge >= 0.3 is 0 Å². The quantitative estimate of drug-likeness (QED) is 0.608. The van der Waals surface area contributed by atoms with Crippen LogP contribution >= 0.6 is 0 Å². The number of methoxy groups -OCH3 is 2. The highest BCUT2D eigenvalue weighted by molar-refractivity contribution is 5.94. The molecule has 0 fully saturated rings. The Bertz CT molecular complexity index is 776. The molecule has 0 atom stereocenters. The summed E-state index contributed by atoms with van der Waals surface area (Å²) in [7, 11) is 3.04. The predicted molar refractivity (Wildman–Crippen MR) is 98.5 cm³/mol. The lowest BCUT2D eigenvalue weighted by molar-refractivity contribution is -0.119. The Morgan fingerprint density at radius 3 is 2.26 bits per heavy atom. The first kappa shape index (κ1) is 19.9. The van der Waals surface area contributed by atoms with Gasteiger partial charge in [0.25, 0.3) is 11.8 Å². The summed E-state index contributed by atoms with van der Waals surface area (Å²) in [5.41, 5.74) is 5.44. The van der Waals surface area contributed by atoms with Crippen LogP contribution in [0.5, 0.6) is 23.0 Å². The maximum Gasteiger partial charge on any atom is 0.255 e. The molecule has 0 aromatic heterocycles. The lowest BCUT2D eigenvalue weighted by Crippen LogP contribution is -2.28. The minimum Gasteiger partial charge on any atom is -0.497 e. The zero-order valence-corrected chi connectivity index (χ0v) is 15.2. The van der Waals surface area contributed by atoms with Crippen LogP contribution < -0.4 is 30.0 Å². The average molecular weight is 374 g/mol. The van der Waals surface area contributed by atoms with Crippen molar-refractivity contribution < 1.29 is 28.5 Å². The van der Waals surface area contributed by atoms with Crippen molar-refractivity contribution in [2.75, 3.05) is 34.0 Å². The summed E-state index contributed by atoms with van der Waals surface area (Å²) in [5, 5.41) is 2.75. The van der Waals surface area contributed by atoms with Crippen LogP contribution in [0, 0.1) is 0 Å². The number of primary amides is 1. The van der Waals surface area contributed by atoms with Crippen molar-refractivity contribution in [1.82, 2.24) is 5.32 Å². The van der Waals surface area contributed by atoms with E-state index >= 15 is 0 Å². The molecule has 2 amide bonds. The second-order valence-corrected chi connectivity index (χ2v) is 5.40. The summed E-state index contributed by atoms with van der Waals surface area (Å²) in [4.78, 5) is 23.0. The Kier molecular flexibility index (Phi) is 7.30. The lowest BCUT2D eigenvalue weighted by Gasteiger charge is -2.12. The fourth-order valence-electron chi connectivity index (χ4n) is 2.18. The van der Waals surface area contributed by atoms with Gasteiger partial charge in [0.1, 0.15) is 18.1 Å². The second kappa shape index (κ2) is 9.91. The molecule has 0 bridgehead atoms. The molecular formula is C19H22N2O6. The zero-order chi connectivity index (χ0) is 19.6. The number of nitrogens with two attached hydrogens (primary N) is 1. The summed E-state index contributed by atoms with van der Waals surface area (Å²) in [6, 6.07) is 11.8. The Balaban J connectivity index is 1.84. The van der Waals surface area contributed by atoms with Crippen LogP contribution in [0.1, 0.15) is 10.4 Å². The number of rotatable bonds is 10. The molecule has 0 saturated heterocycles. The molecule has 0 radical (unpaired) electrons. The third-order valence-electron chi connectivity index (χ3n) is 3.51. The van der Waals surface area contributed by atoms with Crippen molar-refractivity contribution >= 4 is 11.8 Å². The van der Waals surface area contributed by atoms with Gasteiger partial charge in [0.2, 0.25) is 0 Å². The highest BCUT2D eigenvalue weighted by Crippen LogP contribution is 2.28. The van der Waals surface area contributed by atoms with Crippen molar-refractivity contribution in [2.45, 2.75) is 0 Å². The molecule has 2 aromatic rings. The lowest BCUT2D eigenvalue weighted by atomic mass is 10.2. The summed E-state index contributed by atoms with van der Waals surface area (Å²) >= 11 is 0. The van der Waals surface area contributed by atoms with Crippen LogP contribution in [-0.2, 0) is 4.79 Å². The number of carbonyl (C=O) groups excluding carboxylic acids is 2. The van der Waals surface area contributed by atoms with Gasteiger partial charge in [-0.25, -0.2) is 0 Å². The molecule has 0 aliphatic rings. The number of hydrogen-bond acceptors (Lipinski definition) is 6. The number of amides is 2. The smallest absolute Gasteiger partial charge is 0.255 e. The molecule has 3 N–H and O–H groups in total. The molecule has 0 aliphatic carbocycles. The Hall–Kier alpha value is -3.42. The standard InChI is InChI=1S/C19H22N2O6/c1-24-14-4-6-15(7-5-14)26-10-9-21-19(23)13-3-8-16(17(11-13)25-2)27-12-18(20)22/h3-8,11H,9-10,12H2,1-2H3,(H2,20,22)(H,21,23). The van der Waals surface area contributed by atoms with Crippen LogP contribution in [0.4, 0.5) is 0 Å². The van der Waals surface area contributed by atoms with E-state index in [1.807, 2.05) is 0 Å². The first-order valence-corrected chi connectivity index (χ1v) is 8.17. The molecule has 0 aliphatic heterocycles. The summed E-state index contributed by atoms with van der Waals surface area (Å²) in [5.74, 6) is 1.20. The van der Waals surface area contributed by atoms with E-state index in [1.54, 1.807) is 43.5 Å². The fourth-order valence-corrected chi connectivity index (χ4v) is 2.18. The monoisotopic (exact) mass is 374 g/mol. The van der Waals surface area contributed by atoms with Gasteiger partial charge in [-0.3, -0.25) is 9.59 Å². The van der Waals surface area contributed by atoms with Gasteiger partial charge in [0.15, 0.2) is 18.1 Å². The number of carbonyl (C=O) groups is 2. The van der Waals surface area contributed by atoms with Crippen molar-refractivity contribution in [1.29, 1.82) is 0 Å². The molecule has 0 heterocycles. The van der Waals surface area contributed by atoms with Crippen molar-refractivity contribution in [3.05, 3.63) is 48.0 Å². The highest BCUT2D eigenvalue weighted by Gasteiger charge is 2.11. The van der Waals surface area contributed by atoms with E-state index in [9.17, 15) is 9.59 Å². The highest BCUT2D eigenvalue weighted by atomic mass is 16.5. The molecule has 2 rings (SSSR count). The topological polar surface area (TPSA) is 109 Å². The fraction of sp³-hybridized carbons (Fsp3) is 0.263. The Morgan fingerprint density at radius 2 is 1.63 bits per heavy atom. The van der Waals surface area contributed by atoms with Gasteiger partial charge < -0.3 is 30.0 Å². The van der Waals surface area contributed by atoms with Gasteiger partial charge in [-0.15, -0.1) is 0 Å². The summed E-state index contributed by atoms with van der Waals surface area (Å²) < 4.78 is 21.0. The number of ether oxygens (including phenoxy) is 4. The van der Waals surface area contributed by atoms with Crippen LogP contribution in [0.25, 0.3) is 0 Å². The van der Waals surface area contributed by atoms with E-state index in [-0.39, 0.29) is 12.5 Å². The van der Waals surface area contributed by atoms with Gasteiger partial charge in [-0.05, 0) is 42.5 Å². The predicted octanol–water partition coefficient (Wildman–Crippen LogP) is 1.38. The van der Waals surface area contributed by atoms with Crippen LogP contribution in [0.3, 0.4) is 0 Å². The van der Waals surface area contributed by atoms with E-state index in [2.05, 4.69) is 5.32 Å². The third kappa shape index (κ3) is 6.10. The van der Waals surface area contributed by atoms with E-state index in [4.69, 9.17) is 24.7 Å². The molecule has 8 heteroatoms.